The van der Waals surface area contributed by atoms with Crippen molar-refractivity contribution in [2.75, 3.05) is 45.3 Å². The number of benzene rings is 1. The molecule has 2 atom stereocenters. The number of likely N-dealkylation sites (tertiary alicyclic amines) is 1. The molecule has 152 valence electrons. The van der Waals surface area contributed by atoms with E-state index in [4.69, 9.17) is 14.2 Å². The number of thiazole rings is 1. The summed E-state index contributed by atoms with van der Waals surface area (Å²) in [5, 5.41) is 3.57. The molecule has 1 N–H and O–H groups in total. The number of carbonyl (C=O) groups excluding carboxylic acids is 1. The van der Waals surface area contributed by atoms with Crippen LogP contribution >= 0.6 is 11.3 Å². The molecule has 0 saturated carbocycles. The largest absolute Gasteiger partial charge is 0.494 e. The van der Waals surface area contributed by atoms with E-state index in [1.165, 1.54) is 11.3 Å². The third kappa shape index (κ3) is 4.00. The second kappa shape index (κ2) is 8.32. The Morgan fingerprint density at radius 3 is 3.14 bits per heavy atom. The van der Waals surface area contributed by atoms with Crippen molar-refractivity contribution < 1.29 is 19.0 Å². The van der Waals surface area contributed by atoms with Crippen LogP contribution in [0.2, 0.25) is 0 Å². The molecule has 0 aliphatic carbocycles. The SMILES string of the molecule is CCOc1ccc2nc(NC(=O)CN3CC[C@H](OC)[C@]4(CCCO4)C3)sc2c1. The van der Waals surface area contributed by atoms with Gasteiger partial charge in [0.15, 0.2) is 5.13 Å². The normalized spacial score (nSPS) is 25.4. The van der Waals surface area contributed by atoms with Crippen LogP contribution in [0.3, 0.4) is 0 Å². The van der Waals surface area contributed by atoms with Crippen LogP contribution < -0.4 is 10.1 Å². The van der Waals surface area contributed by atoms with E-state index in [-0.39, 0.29) is 17.6 Å². The number of carbonyl (C=O) groups is 1. The number of nitrogens with zero attached hydrogens (tertiary/aromatic N) is 2. The van der Waals surface area contributed by atoms with Gasteiger partial charge in [-0.25, -0.2) is 4.98 Å². The molecule has 1 spiro atoms. The molecule has 1 aromatic heterocycles. The van der Waals surface area contributed by atoms with Crippen molar-refractivity contribution in [1.29, 1.82) is 0 Å². The third-order valence-electron chi connectivity index (χ3n) is 5.49. The van der Waals surface area contributed by atoms with Crippen LogP contribution in [-0.4, -0.2) is 67.5 Å². The molecule has 0 unspecified atom stereocenters. The maximum absolute atomic E-state index is 12.6. The van der Waals surface area contributed by atoms with E-state index in [0.29, 0.717) is 18.3 Å². The number of aromatic nitrogens is 1. The number of methoxy groups -OCH3 is 1. The van der Waals surface area contributed by atoms with Crippen LogP contribution in [0.1, 0.15) is 26.2 Å². The lowest BCUT2D eigenvalue weighted by Crippen LogP contribution is -2.58. The Labute approximate surface area is 169 Å². The molecule has 2 aliphatic heterocycles. The van der Waals surface area contributed by atoms with Crippen molar-refractivity contribution >= 4 is 32.6 Å². The lowest BCUT2D eigenvalue weighted by molar-refractivity contribution is -0.146. The second-order valence-electron chi connectivity index (χ2n) is 7.37. The molecule has 28 heavy (non-hydrogen) atoms. The molecule has 4 rings (SSSR count). The standard InChI is InChI=1S/C20H27N3O4S/c1-3-26-14-5-6-15-16(11-14)28-19(21-15)22-18(24)12-23-9-7-17(25-2)20(13-23)8-4-10-27-20/h5-6,11,17H,3-4,7-10,12-13H2,1-2H3,(H,21,22,24)/t17-,20-/m0/s1. The molecular weight excluding hydrogens is 378 g/mol. The van der Waals surface area contributed by atoms with Crippen LogP contribution in [0.5, 0.6) is 5.75 Å². The highest BCUT2D eigenvalue weighted by atomic mass is 32.1. The Bertz CT molecular complexity index is 834. The minimum absolute atomic E-state index is 0.0481. The highest BCUT2D eigenvalue weighted by Gasteiger charge is 2.47. The van der Waals surface area contributed by atoms with Gasteiger partial charge in [0.2, 0.25) is 5.91 Å². The first-order valence-electron chi connectivity index (χ1n) is 9.84. The van der Waals surface area contributed by atoms with E-state index >= 15 is 0 Å². The van der Waals surface area contributed by atoms with Gasteiger partial charge in [0.05, 0.1) is 29.5 Å². The maximum Gasteiger partial charge on any atom is 0.240 e. The van der Waals surface area contributed by atoms with E-state index in [1.54, 1.807) is 7.11 Å². The van der Waals surface area contributed by atoms with Crippen molar-refractivity contribution in [3.63, 3.8) is 0 Å². The minimum atomic E-state index is -0.265. The predicted molar refractivity (Wildman–Crippen MR) is 109 cm³/mol. The summed E-state index contributed by atoms with van der Waals surface area (Å²) in [6, 6.07) is 5.78. The Hall–Kier alpha value is -1.74. The van der Waals surface area contributed by atoms with Crippen molar-refractivity contribution in [3.8, 4) is 5.75 Å². The zero-order valence-corrected chi connectivity index (χ0v) is 17.2. The summed E-state index contributed by atoms with van der Waals surface area (Å²) in [4.78, 5) is 19.3. The van der Waals surface area contributed by atoms with Gasteiger partial charge in [0, 0.05) is 26.8 Å². The fourth-order valence-corrected chi connectivity index (χ4v) is 5.17. The second-order valence-corrected chi connectivity index (χ2v) is 8.40. The number of amides is 1. The fraction of sp³-hybridized carbons (Fsp3) is 0.600. The van der Waals surface area contributed by atoms with Gasteiger partial charge < -0.3 is 19.5 Å². The van der Waals surface area contributed by atoms with Crippen molar-refractivity contribution in [3.05, 3.63) is 18.2 Å². The smallest absolute Gasteiger partial charge is 0.240 e. The van der Waals surface area contributed by atoms with Gasteiger partial charge in [-0.05, 0) is 44.4 Å². The average Bonchev–Trinajstić information content (AvgIpc) is 3.28. The topological polar surface area (TPSA) is 72.9 Å². The molecule has 2 saturated heterocycles. The van der Waals surface area contributed by atoms with Gasteiger partial charge in [0.25, 0.3) is 0 Å². The highest BCUT2D eigenvalue weighted by molar-refractivity contribution is 7.22. The zero-order valence-electron chi connectivity index (χ0n) is 16.4. The van der Waals surface area contributed by atoms with Gasteiger partial charge in [-0.2, -0.15) is 0 Å². The minimum Gasteiger partial charge on any atom is -0.494 e. The molecule has 7 nitrogen and oxygen atoms in total. The van der Waals surface area contributed by atoms with E-state index < -0.39 is 0 Å². The van der Waals surface area contributed by atoms with Gasteiger partial charge in [-0.15, -0.1) is 0 Å². The molecule has 3 heterocycles. The first-order valence-corrected chi connectivity index (χ1v) is 10.7. The Morgan fingerprint density at radius 2 is 2.39 bits per heavy atom. The molecule has 2 aromatic rings. The van der Waals surface area contributed by atoms with Crippen LogP contribution in [0, 0.1) is 0 Å². The summed E-state index contributed by atoms with van der Waals surface area (Å²) < 4.78 is 18.3. The molecule has 0 bridgehead atoms. The lowest BCUT2D eigenvalue weighted by Gasteiger charge is -2.44. The van der Waals surface area contributed by atoms with E-state index in [9.17, 15) is 4.79 Å². The van der Waals surface area contributed by atoms with Crippen LogP contribution in [0.25, 0.3) is 10.2 Å². The number of hydrogen-bond acceptors (Lipinski definition) is 7. The van der Waals surface area contributed by atoms with Crippen molar-refractivity contribution in [1.82, 2.24) is 9.88 Å². The average molecular weight is 406 g/mol. The fourth-order valence-electron chi connectivity index (χ4n) is 4.26. The molecular formula is C20H27N3O4S. The van der Waals surface area contributed by atoms with Gasteiger partial charge in [-0.3, -0.25) is 9.69 Å². The molecule has 1 aromatic carbocycles. The van der Waals surface area contributed by atoms with E-state index in [1.807, 2.05) is 25.1 Å². The summed E-state index contributed by atoms with van der Waals surface area (Å²) >= 11 is 1.46. The molecule has 2 aliphatic rings. The number of fused-ring (bicyclic) bond motifs is 1. The molecule has 8 heteroatoms. The van der Waals surface area contributed by atoms with Gasteiger partial charge in [-0.1, -0.05) is 11.3 Å². The van der Waals surface area contributed by atoms with Gasteiger partial charge in [0.1, 0.15) is 11.4 Å². The summed E-state index contributed by atoms with van der Waals surface area (Å²) in [6.07, 6.45) is 3.03. The zero-order chi connectivity index (χ0) is 19.6. The monoisotopic (exact) mass is 405 g/mol. The Morgan fingerprint density at radius 1 is 1.50 bits per heavy atom. The number of nitrogens with one attached hydrogen (secondary N) is 1. The third-order valence-corrected chi connectivity index (χ3v) is 6.42. The first kappa shape index (κ1) is 19.6. The van der Waals surface area contributed by atoms with Crippen LogP contribution in [0.4, 0.5) is 5.13 Å². The summed E-state index contributed by atoms with van der Waals surface area (Å²) in [5.74, 6) is 0.771. The van der Waals surface area contributed by atoms with Gasteiger partial charge >= 0.3 is 0 Å². The molecule has 2 fully saturated rings. The molecule has 0 radical (unpaired) electrons. The quantitative estimate of drug-likeness (QED) is 0.797. The number of hydrogen-bond donors (Lipinski definition) is 1. The summed E-state index contributed by atoms with van der Waals surface area (Å²) in [6.45, 7) is 5.25. The van der Waals surface area contributed by atoms with Crippen molar-refractivity contribution in [2.24, 2.45) is 0 Å². The number of piperidine rings is 1. The Balaban J connectivity index is 1.38. The predicted octanol–water partition coefficient (Wildman–Crippen LogP) is 2.90. The number of rotatable bonds is 6. The van der Waals surface area contributed by atoms with Crippen molar-refractivity contribution in [2.45, 2.75) is 37.9 Å². The van der Waals surface area contributed by atoms with E-state index in [2.05, 4.69) is 15.2 Å². The van der Waals surface area contributed by atoms with Crippen LogP contribution in [0.15, 0.2) is 18.2 Å². The van der Waals surface area contributed by atoms with E-state index in [0.717, 1.165) is 54.9 Å². The number of ether oxygens (including phenoxy) is 3. The Kier molecular flexibility index (Phi) is 5.82. The first-order chi connectivity index (χ1) is 13.6. The van der Waals surface area contributed by atoms with Crippen LogP contribution in [-0.2, 0) is 14.3 Å². The summed E-state index contributed by atoms with van der Waals surface area (Å²) in [5.41, 5.74) is 0.599. The summed E-state index contributed by atoms with van der Waals surface area (Å²) in [7, 11) is 1.75. The highest BCUT2D eigenvalue weighted by Crippen LogP contribution is 2.36. The molecule has 1 amide bonds. The number of anilines is 1. The maximum atomic E-state index is 12.6. The lowest BCUT2D eigenvalue weighted by atomic mass is 9.87.